The van der Waals surface area contributed by atoms with Crippen molar-refractivity contribution in [3.63, 3.8) is 0 Å². The Morgan fingerprint density at radius 1 is 1.00 bits per heavy atom. The lowest BCUT2D eigenvalue weighted by Crippen LogP contribution is -2.07. The first-order chi connectivity index (χ1) is 8.56. The van der Waals surface area contributed by atoms with E-state index in [2.05, 4.69) is 84.5 Å². The summed E-state index contributed by atoms with van der Waals surface area (Å²) in [6.45, 7) is 6.44. The maximum Gasteiger partial charge on any atom is 0.0485 e. The molecule has 0 aliphatic heterocycles. The van der Waals surface area contributed by atoms with Crippen molar-refractivity contribution in [2.24, 2.45) is 0 Å². The molecule has 0 aliphatic rings. The first kappa shape index (κ1) is 13.2. The molecule has 0 aromatic heterocycles. The van der Waals surface area contributed by atoms with Gasteiger partial charge in [-0.1, -0.05) is 40.2 Å². The summed E-state index contributed by atoms with van der Waals surface area (Å²) in [6.07, 6.45) is 0. The molecule has 2 aromatic rings. The van der Waals surface area contributed by atoms with Gasteiger partial charge in [0.05, 0.1) is 0 Å². The lowest BCUT2D eigenvalue weighted by Gasteiger charge is -2.18. The van der Waals surface area contributed by atoms with E-state index >= 15 is 0 Å². The third-order valence-corrected chi connectivity index (χ3v) is 3.66. The third-order valence-electron chi connectivity index (χ3n) is 3.14. The third kappa shape index (κ3) is 3.14. The minimum Gasteiger partial charge on any atom is -0.378 e. The van der Waals surface area contributed by atoms with Gasteiger partial charge in [0, 0.05) is 16.2 Å². The minimum absolute atomic E-state index is 0.304. The first-order valence-corrected chi connectivity index (χ1v) is 6.95. The van der Waals surface area contributed by atoms with Crippen molar-refractivity contribution in [1.82, 2.24) is 0 Å². The molecule has 1 unspecified atom stereocenters. The SMILES string of the molecule is Cc1ccc(C)c(NC(C)c2ccc(Br)cc2)c1. The normalized spacial score (nSPS) is 12.2. The van der Waals surface area contributed by atoms with Crippen LogP contribution < -0.4 is 5.32 Å². The van der Waals surface area contributed by atoms with Crippen LogP contribution in [-0.2, 0) is 0 Å². The lowest BCUT2D eigenvalue weighted by atomic mass is 10.1. The van der Waals surface area contributed by atoms with Gasteiger partial charge in [-0.05, 0) is 55.7 Å². The Hall–Kier alpha value is -1.28. The maximum absolute atomic E-state index is 3.57. The fraction of sp³-hybridized carbons (Fsp3) is 0.250. The van der Waals surface area contributed by atoms with E-state index < -0.39 is 0 Å². The summed E-state index contributed by atoms with van der Waals surface area (Å²) in [7, 11) is 0. The van der Waals surface area contributed by atoms with E-state index in [4.69, 9.17) is 0 Å². The summed E-state index contributed by atoms with van der Waals surface area (Å²) in [5.41, 5.74) is 5.07. The number of benzene rings is 2. The van der Waals surface area contributed by atoms with E-state index in [1.807, 2.05) is 0 Å². The molecule has 2 aromatic carbocycles. The number of rotatable bonds is 3. The average Bonchev–Trinajstić information content (AvgIpc) is 2.34. The fourth-order valence-electron chi connectivity index (χ4n) is 1.96. The molecule has 0 spiro atoms. The van der Waals surface area contributed by atoms with Crippen LogP contribution in [0.4, 0.5) is 5.69 Å². The molecule has 2 rings (SSSR count). The van der Waals surface area contributed by atoms with E-state index in [1.54, 1.807) is 0 Å². The average molecular weight is 304 g/mol. The fourth-order valence-corrected chi connectivity index (χ4v) is 2.22. The summed E-state index contributed by atoms with van der Waals surface area (Å²) in [5, 5.41) is 3.57. The number of hydrogen-bond donors (Lipinski definition) is 1. The van der Waals surface area contributed by atoms with Crippen LogP contribution in [0.3, 0.4) is 0 Å². The van der Waals surface area contributed by atoms with Crippen LogP contribution in [0.1, 0.15) is 29.7 Å². The first-order valence-electron chi connectivity index (χ1n) is 6.15. The molecule has 1 N–H and O–H groups in total. The molecular weight excluding hydrogens is 286 g/mol. The van der Waals surface area contributed by atoms with Gasteiger partial charge in [0.25, 0.3) is 0 Å². The summed E-state index contributed by atoms with van der Waals surface area (Å²) in [5.74, 6) is 0. The zero-order valence-corrected chi connectivity index (χ0v) is 12.6. The van der Waals surface area contributed by atoms with Gasteiger partial charge in [0.15, 0.2) is 0 Å². The second-order valence-corrected chi connectivity index (χ2v) is 5.65. The Kier molecular flexibility index (Phi) is 4.07. The molecule has 0 heterocycles. The highest BCUT2D eigenvalue weighted by Gasteiger charge is 2.06. The molecule has 0 saturated heterocycles. The Bertz CT molecular complexity index is 531. The highest BCUT2D eigenvalue weighted by Crippen LogP contribution is 2.24. The quantitative estimate of drug-likeness (QED) is 0.817. The van der Waals surface area contributed by atoms with E-state index in [1.165, 1.54) is 22.4 Å². The molecule has 1 nitrogen and oxygen atoms in total. The molecule has 0 amide bonds. The molecule has 94 valence electrons. The van der Waals surface area contributed by atoms with Crippen molar-refractivity contribution in [1.29, 1.82) is 0 Å². The highest BCUT2D eigenvalue weighted by atomic mass is 79.9. The molecule has 0 fully saturated rings. The zero-order chi connectivity index (χ0) is 13.1. The van der Waals surface area contributed by atoms with Crippen LogP contribution in [0.2, 0.25) is 0 Å². The van der Waals surface area contributed by atoms with Gasteiger partial charge in [-0.3, -0.25) is 0 Å². The molecule has 2 heteroatoms. The van der Waals surface area contributed by atoms with Gasteiger partial charge in [0.1, 0.15) is 0 Å². The summed E-state index contributed by atoms with van der Waals surface area (Å²) >= 11 is 3.46. The predicted molar refractivity (Wildman–Crippen MR) is 82.1 cm³/mol. The number of hydrogen-bond acceptors (Lipinski definition) is 1. The van der Waals surface area contributed by atoms with Gasteiger partial charge in [0.2, 0.25) is 0 Å². The van der Waals surface area contributed by atoms with Crippen LogP contribution in [0.5, 0.6) is 0 Å². The van der Waals surface area contributed by atoms with E-state index in [0.29, 0.717) is 6.04 Å². The monoisotopic (exact) mass is 303 g/mol. The molecule has 18 heavy (non-hydrogen) atoms. The van der Waals surface area contributed by atoms with Crippen molar-refractivity contribution in [3.8, 4) is 0 Å². The molecule has 0 aliphatic carbocycles. The summed E-state index contributed by atoms with van der Waals surface area (Å²) in [6, 6.07) is 15.3. The Labute approximate surface area is 117 Å². The number of halogens is 1. The van der Waals surface area contributed by atoms with Crippen LogP contribution in [0.15, 0.2) is 46.9 Å². The number of aryl methyl sites for hydroxylation is 2. The Morgan fingerprint density at radius 3 is 2.33 bits per heavy atom. The van der Waals surface area contributed by atoms with Crippen molar-refractivity contribution in [2.75, 3.05) is 5.32 Å². The van der Waals surface area contributed by atoms with Crippen molar-refractivity contribution in [3.05, 3.63) is 63.6 Å². The van der Waals surface area contributed by atoms with Gasteiger partial charge in [-0.25, -0.2) is 0 Å². The lowest BCUT2D eigenvalue weighted by molar-refractivity contribution is 0.882. The molecule has 0 saturated carbocycles. The zero-order valence-electron chi connectivity index (χ0n) is 11.0. The van der Waals surface area contributed by atoms with Crippen molar-refractivity contribution < 1.29 is 0 Å². The summed E-state index contributed by atoms with van der Waals surface area (Å²) < 4.78 is 1.12. The molecule has 0 bridgehead atoms. The molecule has 0 radical (unpaired) electrons. The molecule has 1 atom stereocenters. The standard InChI is InChI=1S/C16H18BrN/c1-11-4-5-12(2)16(10-11)18-13(3)14-6-8-15(17)9-7-14/h4-10,13,18H,1-3H3. The number of nitrogens with one attached hydrogen (secondary N) is 1. The van der Waals surface area contributed by atoms with Gasteiger partial charge in [-0.15, -0.1) is 0 Å². The van der Waals surface area contributed by atoms with E-state index in [0.717, 1.165) is 4.47 Å². The maximum atomic E-state index is 3.57. The number of anilines is 1. The largest absolute Gasteiger partial charge is 0.378 e. The Balaban J connectivity index is 2.18. The smallest absolute Gasteiger partial charge is 0.0485 e. The van der Waals surface area contributed by atoms with Crippen LogP contribution in [0, 0.1) is 13.8 Å². The Morgan fingerprint density at radius 2 is 1.67 bits per heavy atom. The van der Waals surface area contributed by atoms with Crippen LogP contribution in [0.25, 0.3) is 0 Å². The topological polar surface area (TPSA) is 12.0 Å². The van der Waals surface area contributed by atoms with Gasteiger partial charge >= 0.3 is 0 Å². The van der Waals surface area contributed by atoms with Crippen molar-refractivity contribution in [2.45, 2.75) is 26.8 Å². The van der Waals surface area contributed by atoms with E-state index in [-0.39, 0.29) is 0 Å². The summed E-state index contributed by atoms with van der Waals surface area (Å²) in [4.78, 5) is 0. The van der Waals surface area contributed by atoms with Crippen molar-refractivity contribution >= 4 is 21.6 Å². The predicted octanol–water partition coefficient (Wildman–Crippen LogP) is 5.24. The minimum atomic E-state index is 0.304. The molecular formula is C16H18BrN. The second-order valence-electron chi connectivity index (χ2n) is 4.74. The van der Waals surface area contributed by atoms with Crippen LogP contribution >= 0.6 is 15.9 Å². The van der Waals surface area contributed by atoms with Crippen LogP contribution in [-0.4, -0.2) is 0 Å². The second kappa shape index (κ2) is 5.57. The highest BCUT2D eigenvalue weighted by molar-refractivity contribution is 9.10. The van der Waals surface area contributed by atoms with Gasteiger partial charge in [-0.2, -0.15) is 0 Å². The van der Waals surface area contributed by atoms with Gasteiger partial charge < -0.3 is 5.32 Å². The van der Waals surface area contributed by atoms with E-state index in [9.17, 15) is 0 Å².